The third-order valence-corrected chi connectivity index (χ3v) is 7.50. The molecule has 246 valence electrons. The molecule has 3 N–H and O–H groups in total. The first-order valence-electron chi connectivity index (χ1n) is 15.0. The van der Waals surface area contributed by atoms with E-state index in [0.717, 1.165) is 12.7 Å². The number of nitrogens with zero attached hydrogens (tertiary/aromatic N) is 2. The lowest BCUT2D eigenvalue weighted by Gasteiger charge is -2.23. The van der Waals surface area contributed by atoms with E-state index in [1.807, 2.05) is 6.07 Å². The van der Waals surface area contributed by atoms with Crippen LogP contribution in [0.1, 0.15) is 41.6 Å². The van der Waals surface area contributed by atoms with Crippen molar-refractivity contribution in [3.63, 3.8) is 0 Å². The van der Waals surface area contributed by atoms with Gasteiger partial charge in [0.15, 0.2) is 0 Å². The lowest BCUT2D eigenvalue weighted by atomic mass is 10.1. The molecule has 1 aliphatic rings. The van der Waals surface area contributed by atoms with Crippen LogP contribution in [-0.2, 0) is 44.8 Å². The Bertz CT molecular complexity index is 1640. The smallest absolute Gasteiger partial charge is 0.328 e. The largest absolute Gasteiger partial charge is 0.467 e. The number of carbonyl (C=O) groups excluding carboxylic acids is 7. The zero-order valence-electron chi connectivity index (χ0n) is 25.7. The molecule has 2 aromatic carbocycles. The van der Waals surface area contributed by atoms with Gasteiger partial charge in [0.05, 0.1) is 31.3 Å². The summed E-state index contributed by atoms with van der Waals surface area (Å²) in [7, 11) is 1.12. The van der Waals surface area contributed by atoms with E-state index in [4.69, 9.17) is 9.47 Å². The fourth-order valence-corrected chi connectivity index (χ4v) is 5.09. The van der Waals surface area contributed by atoms with Gasteiger partial charge in [-0.15, -0.1) is 0 Å². The van der Waals surface area contributed by atoms with E-state index in [9.17, 15) is 33.6 Å². The number of likely N-dealkylation sites (tertiary alicyclic amines) is 1. The van der Waals surface area contributed by atoms with E-state index < -0.39 is 66.5 Å². The highest BCUT2D eigenvalue weighted by atomic mass is 16.5. The molecule has 1 saturated heterocycles. The molecule has 0 radical (unpaired) electrons. The number of aromatic nitrogens is 1. The molecule has 1 aromatic heterocycles. The van der Waals surface area contributed by atoms with Crippen molar-refractivity contribution in [1.82, 2.24) is 25.8 Å². The Hall–Kier alpha value is -5.66. The van der Waals surface area contributed by atoms with Gasteiger partial charge in [0, 0.05) is 24.5 Å². The lowest BCUT2D eigenvalue weighted by Crippen LogP contribution is -2.51. The Kier molecular flexibility index (Phi) is 12.1. The monoisotopic (exact) mass is 645 g/mol. The zero-order chi connectivity index (χ0) is 33.8. The number of carbonyl (C=O) groups is 7. The van der Waals surface area contributed by atoms with Crippen LogP contribution in [0.15, 0.2) is 66.9 Å². The van der Waals surface area contributed by atoms with E-state index in [1.165, 1.54) is 11.1 Å². The normalized spacial score (nSPS) is 14.5. The van der Waals surface area contributed by atoms with Gasteiger partial charge in [-0.1, -0.05) is 48.5 Å². The number of hydrogen-bond donors (Lipinski definition) is 3. The summed E-state index contributed by atoms with van der Waals surface area (Å²) in [6.45, 7) is -0.770. The predicted octanol–water partition coefficient (Wildman–Crippen LogP) is 0.822. The summed E-state index contributed by atoms with van der Waals surface area (Å²) < 4.78 is 9.90. The maximum atomic E-state index is 13.0. The number of hydrogen-bond acceptors (Lipinski definition) is 10. The predicted molar refractivity (Wildman–Crippen MR) is 166 cm³/mol. The Morgan fingerprint density at radius 3 is 2.45 bits per heavy atom. The van der Waals surface area contributed by atoms with Gasteiger partial charge in [0.25, 0.3) is 11.8 Å². The van der Waals surface area contributed by atoms with Crippen molar-refractivity contribution < 1.29 is 43.0 Å². The standard InChI is InChI=1S/C33H35N5O9/c1-46-33(45)25(13-14-29(41)47-20-21-8-3-2-4-9-21)37-27(39)18-35-32(44)30(42)26-12-7-17-38(26)28(40)19-36-31(43)23-15-16-34-24-11-6-5-10-22(23)24/h2-6,8-11,15-16,25-26H,7,12-14,17-20H2,1H3,(H,35,44)(H,36,43)(H,37,39)/t25-,26-/m0/s1. The molecule has 14 nitrogen and oxygen atoms in total. The number of methoxy groups -OCH3 is 1. The van der Waals surface area contributed by atoms with Crippen molar-refractivity contribution in [3.8, 4) is 0 Å². The molecule has 0 bridgehead atoms. The fraction of sp³-hybridized carbons (Fsp3) is 0.333. The van der Waals surface area contributed by atoms with E-state index in [0.29, 0.717) is 22.9 Å². The van der Waals surface area contributed by atoms with Crippen molar-refractivity contribution in [2.24, 2.45) is 0 Å². The summed E-state index contributed by atoms with van der Waals surface area (Å²) in [4.78, 5) is 93.7. The molecule has 14 heteroatoms. The highest BCUT2D eigenvalue weighted by Crippen LogP contribution is 2.19. The maximum Gasteiger partial charge on any atom is 0.328 e. The highest BCUT2D eigenvalue weighted by Gasteiger charge is 2.37. The Balaban J connectivity index is 1.23. The fourth-order valence-electron chi connectivity index (χ4n) is 5.09. The van der Waals surface area contributed by atoms with Crippen LogP contribution < -0.4 is 16.0 Å². The zero-order valence-corrected chi connectivity index (χ0v) is 25.7. The molecular weight excluding hydrogens is 610 g/mol. The minimum absolute atomic E-state index is 0.0523. The van der Waals surface area contributed by atoms with Gasteiger partial charge >= 0.3 is 11.9 Å². The first-order valence-corrected chi connectivity index (χ1v) is 15.0. The van der Waals surface area contributed by atoms with Gasteiger partial charge < -0.3 is 30.3 Å². The molecule has 4 rings (SSSR count). The maximum absolute atomic E-state index is 13.0. The van der Waals surface area contributed by atoms with E-state index in [2.05, 4.69) is 20.9 Å². The summed E-state index contributed by atoms with van der Waals surface area (Å²) in [5.41, 5.74) is 1.75. The van der Waals surface area contributed by atoms with Gasteiger partial charge in [-0.05, 0) is 37.0 Å². The van der Waals surface area contributed by atoms with Gasteiger partial charge in [0.1, 0.15) is 18.7 Å². The van der Waals surface area contributed by atoms with Crippen molar-refractivity contribution in [2.75, 3.05) is 26.7 Å². The number of Topliss-reactive ketones (excluding diaryl/α,β-unsaturated/α-hetero) is 1. The summed E-state index contributed by atoms with van der Waals surface area (Å²) in [5.74, 6) is -5.22. The van der Waals surface area contributed by atoms with E-state index >= 15 is 0 Å². The van der Waals surface area contributed by atoms with Crippen molar-refractivity contribution in [2.45, 2.75) is 44.4 Å². The number of ether oxygens (including phenoxy) is 2. The second-order valence-electron chi connectivity index (χ2n) is 10.7. The second-order valence-corrected chi connectivity index (χ2v) is 10.7. The molecule has 2 heterocycles. The van der Waals surface area contributed by atoms with Gasteiger partial charge in [0.2, 0.25) is 17.6 Å². The number of rotatable bonds is 14. The van der Waals surface area contributed by atoms with Crippen LogP contribution >= 0.6 is 0 Å². The van der Waals surface area contributed by atoms with Crippen molar-refractivity contribution in [1.29, 1.82) is 0 Å². The molecule has 1 fully saturated rings. The second kappa shape index (κ2) is 16.6. The first kappa shape index (κ1) is 34.2. The topological polar surface area (TPSA) is 190 Å². The quantitative estimate of drug-likeness (QED) is 0.167. The third-order valence-electron chi connectivity index (χ3n) is 7.50. The van der Waals surface area contributed by atoms with Crippen LogP contribution in [0.4, 0.5) is 0 Å². The molecule has 1 aliphatic heterocycles. The van der Waals surface area contributed by atoms with E-state index in [1.54, 1.807) is 54.6 Å². The molecular formula is C33H35N5O9. The van der Waals surface area contributed by atoms with Crippen LogP contribution in [0.5, 0.6) is 0 Å². The molecule has 0 spiro atoms. The summed E-state index contributed by atoms with van der Waals surface area (Å²) >= 11 is 0. The summed E-state index contributed by atoms with van der Waals surface area (Å²) in [6, 6.07) is 15.4. The SMILES string of the molecule is COC(=O)[C@H](CCC(=O)OCc1ccccc1)NC(=O)CNC(=O)C(=O)[C@@H]1CCCN1C(=O)CNC(=O)c1ccnc2ccccc12. The molecule has 0 aliphatic carbocycles. The molecule has 47 heavy (non-hydrogen) atoms. The molecule has 0 unspecified atom stereocenters. The van der Waals surface area contributed by atoms with Gasteiger partial charge in [-0.2, -0.15) is 0 Å². The Morgan fingerprint density at radius 2 is 1.68 bits per heavy atom. The van der Waals surface area contributed by atoms with Crippen LogP contribution in [0.2, 0.25) is 0 Å². The van der Waals surface area contributed by atoms with Gasteiger partial charge in [-0.3, -0.25) is 33.8 Å². The minimum atomic E-state index is -1.20. The number of nitrogens with one attached hydrogen (secondary N) is 3. The molecule has 4 amide bonds. The minimum Gasteiger partial charge on any atom is -0.467 e. The number of amides is 4. The Labute approximate surface area is 270 Å². The molecule has 3 aromatic rings. The highest BCUT2D eigenvalue weighted by molar-refractivity contribution is 6.38. The average molecular weight is 646 g/mol. The Morgan fingerprint density at radius 1 is 0.936 bits per heavy atom. The van der Waals surface area contributed by atoms with Crippen LogP contribution in [0, 0.1) is 0 Å². The lowest BCUT2D eigenvalue weighted by molar-refractivity contribution is -0.148. The third kappa shape index (κ3) is 9.42. The van der Waals surface area contributed by atoms with Crippen LogP contribution in [0.3, 0.4) is 0 Å². The average Bonchev–Trinajstić information content (AvgIpc) is 3.60. The van der Waals surface area contributed by atoms with Gasteiger partial charge in [-0.25, -0.2) is 4.79 Å². The number of benzene rings is 2. The number of fused-ring (bicyclic) bond motifs is 1. The number of pyridine rings is 1. The first-order chi connectivity index (χ1) is 22.7. The molecule has 0 saturated carbocycles. The summed E-state index contributed by atoms with van der Waals surface area (Å²) in [6.07, 6.45) is 1.88. The van der Waals surface area contributed by atoms with Crippen LogP contribution in [-0.4, -0.2) is 90.1 Å². The summed E-state index contributed by atoms with van der Waals surface area (Å²) in [5, 5.41) is 7.79. The number of esters is 2. The number of ketones is 1. The molecule has 2 atom stereocenters. The van der Waals surface area contributed by atoms with Crippen molar-refractivity contribution >= 4 is 52.3 Å². The van der Waals surface area contributed by atoms with E-state index in [-0.39, 0.29) is 32.4 Å². The van der Waals surface area contributed by atoms with Crippen molar-refractivity contribution in [3.05, 3.63) is 78.0 Å². The number of para-hydroxylation sites is 1. The van der Waals surface area contributed by atoms with Crippen LogP contribution in [0.25, 0.3) is 10.9 Å².